The first-order valence-electron chi connectivity index (χ1n) is 7.63. The van der Waals surface area contributed by atoms with Gasteiger partial charge >= 0.3 is 0 Å². The van der Waals surface area contributed by atoms with Crippen molar-refractivity contribution in [2.24, 2.45) is 17.8 Å². The zero-order valence-corrected chi connectivity index (χ0v) is 11.5. The van der Waals surface area contributed by atoms with Gasteiger partial charge in [0.15, 0.2) is 0 Å². The zero-order chi connectivity index (χ0) is 12.4. The molecule has 100 valence electrons. The van der Waals surface area contributed by atoms with Crippen molar-refractivity contribution in [1.82, 2.24) is 10.2 Å². The number of nitrogens with one attached hydrogen (secondary N) is 1. The molecule has 0 radical (unpaired) electrons. The molecule has 0 saturated carbocycles. The van der Waals surface area contributed by atoms with Gasteiger partial charge in [-0.15, -0.1) is 0 Å². The van der Waals surface area contributed by atoms with Gasteiger partial charge in [-0.25, -0.2) is 0 Å². The average Bonchev–Trinajstić information content (AvgIpc) is 2.42. The summed E-state index contributed by atoms with van der Waals surface area (Å²) in [6.07, 6.45) is 13.2. The van der Waals surface area contributed by atoms with Crippen molar-refractivity contribution < 1.29 is 0 Å². The molecule has 2 unspecified atom stereocenters. The Hall–Kier alpha value is -0.600. The zero-order valence-electron chi connectivity index (χ0n) is 11.5. The van der Waals surface area contributed by atoms with Crippen LogP contribution in [0.25, 0.3) is 0 Å². The molecule has 3 heterocycles. The molecule has 0 spiro atoms. The standard InChI is InChI=1S/C16H26N2/c1-13-4-2-3-5-14(13)6-9-17-16-12-18-10-7-15(16)8-11-18/h2-5,13-17H,6-12H2,1H3/t13?,14-,16?/m0/s1. The van der Waals surface area contributed by atoms with Gasteiger partial charge in [-0.05, 0) is 56.7 Å². The maximum Gasteiger partial charge on any atom is 0.0224 e. The highest BCUT2D eigenvalue weighted by Gasteiger charge is 2.33. The molecule has 0 aromatic rings. The van der Waals surface area contributed by atoms with E-state index >= 15 is 0 Å². The molecule has 18 heavy (non-hydrogen) atoms. The normalized spacial score (nSPS) is 42.4. The second kappa shape index (κ2) is 5.58. The molecule has 3 saturated heterocycles. The van der Waals surface area contributed by atoms with Gasteiger partial charge in [0.2, 0.25) is 0 Å². The lowest BCUT2D eigenvalue weighted by atomic mass is 9.83. The molecule has 1 aliphatic carbocycles. The summed E-state index contributed by atoms with van der Waals surface area (Å²) in [6.45, 7) is 7.49. The number of piperidine rings is 3. The SMILES string of the molecule is CC1C=CC=C[C@H]1CCNC1CN2CCC1CC2. The van der Waals surface area contributed by atoms with Crippen LogP contribution in [0.5, 0.6) is 0 Å². The third-order valence-corrected chi connectivity index (χ3v) is 5.10. The van der Waals surface area contributed by atoms with Crippen LogP contribution in [-0.2, 0) is 0 Å². The van der Waals surface area contributed by atoms with E-state index < -0.39 is 0 Å². The van der Waals surface area contributed by atoms with E-state index in [-0.39, 0.29) is 0 Å². The molecule has 3 atom stereocenters. The Morgan fingerprint density at radius 1 is 1.17 bits per heavy atom. The average molecular weight is 246 g/mol. The maximum absolute atomic E-state index is 3.82. The molecule has 0 aromatic carbocycles. The smallest absolute Gasteiger partial charge is 0.0224 e. The first-order chi connectivity index (χ1) is 8.83. The molecule has 0 aromatic heterocycles. The number of hydrogen-bond donors (Lipinski definition) is 1. The third kappa shape index (κ3) is 2.70. The lowest BCUT2D eigenvalue weighted by molar-refractivity contribution is 0.0722. The Balaban J connectivity index is 1.42. The second-order valence-electron chi connectivity index (χ2n) is 6.28. The van der Waals surface area contributed by atoms with Crippen molar-refractivity contribution in [3.63, 3.8) is 0 Å². The Morgan fingerprint density at radius 3 is 2.61 bits per heavy atom. The topological polar surface area (TPSA) is 15.3 Å². The van der Waals surface area contributed by atoms with E-state index in [0.717, 1.165) is 17.9 Å². The summed E-state index contributed by atoms with van der Waals surface area (Å²) < 4.78 is 0. The van der Waals surface area contributed by atoms with Gasteiger partial charge in [0, 0.05) is 12.6 Å². The van der Waals surface area contributed by atoms with Crippen LogP contribution in [0.15, 0.2) is 24.3 Å². The van der Waals surface area contributed by atoms with Crippen LogP contribution in [-0.4, -0.2) is 37.1 Å². The minimum atomic E-state index is 0.711. The first kappa shape index (κ1) is 12.4. The van der Waals surface area contributed by atoms with Crippen LogP contribution in [0, 0.1) is 17.8 Å². The molecule has 2 bridgehead atoms. The molecule has 4 aliphatic rings. The minimum absolute atomic E-state index is 0.711. The van der Waals surface area contributed by atoms with E-state index in [1.54, 1.807) is 0 Å². The van der Waals surface area contributed by atoms with Crippen LogP contribution in [0.2, 0.25) is 0 Å². The van der Waals surface area contributed by atoms with Crippen molar-refractivity contribution in [3.8, 4) is 0 Å². The molecule has 0 amide bonds. The molecule has 1 N–H and O–H groups in total. The van der Waals surface area contributed by atoms with Gasteiger partial charge in [0.05, 0.1) is 0 Å². The Bertz CT molecular complexity index is 326. The van der Waals surface area contributed by atoms with Crippen LogP contribution in [0.3, 0.4) is 0 Å². The molecule has 3 fully saturated rings. The van der Waals surface area contributed by atoms with E-state index in [4.69, 9.17) is 0 Å². The van der Waals surface area contributed by atoms with Gasteiger partial charge in [0.1, 0.15) is 0 Å². The molecular weight excluding hydrogens is 220 g/mol. The molecule has 2 heteroatoms. The Morgan fingerprint density at radius 2 is 1.94 bits per heavy atom. The quantitative estimate of drug-likeness (QED) is 0.819. The van der Waals surface area contributed by atoms with Crippen molar-refractivity contribution in [3.05, 3.63) is 24.3 Å². The molecule has 2 nitrogen and oxygen atoms in total. The number of allylic oxidation sites excluding steroid dienone is 4. The summed E-state index contributed by atoms with van der Waals surface area (Å²) in [5, 5.41) is 3.82. The van der Waals surface area contributed by atoms with Crippen LogP contribution in [0.1, 0.15) is 26.2 Å². The van der Waals surface area contributed by atoms with E-state index in [9.17, 15) is 0 Å². The predicted octanol–water partition coefficient (Wildman–Crippen LogP) is 2.44. The fraction of sp³-hybridized carbons (Fsp3) is 0.750. The van der Waals surface area contributed by atoms with E-state index in [1.165, 1.54) is 45.4 Å². The molecular formula is C16H26N2. The van der Waals surface area contributed by atoms with Crippen molar-refractivity contribution in [2.75, 3.05) is 26.2 Å². The van der Waals surface area contributed by atoms with Gasteiger partial charge in [0.25, 0.3) is 0 Å². The summed E-state index contributed by atoms with van der Waals surface area (Å²) in [4.78, 5) is 2.63. The number of hydrogen-bond acceptors (Lipinski definition) is 2. The van der Waals surface area contributed by atoms with Gasteiger partial charge in [-0.3, -0.25) is 0 Å². The van der Waals surface area contributed by atoms with Crippen LogP contribution < -0.4 is 5.32 Å². The Labute approximate surface area is 111 Å². The predicted molar refractivity (Wildman–Crippen MR) is 76.5 cm³/mol. The summed E-state index contributed by atoms with van der Waals surface area (Å²) in [6, 6.07) is 0.769. The van der Waals surface area contributed by atoms with Crippen molar-refractivity contribution >= 4 is 0 Å². The minimum Gasteiger partial charge on any atom is -0.312 e. The largest absolute Gasteiger partial charge is 0.312 e. The maximum atomic E-state index is 3.82. The van der Waals surface area contributed by atoms with Crippen LogP contribution in [0.4, 0.5) is 0 Å². The molecule has 3 aliphatic heterocycles. The monoisotopic (exact) mass is 246 g/mol. The van der Waals surface area contributed by atoms with E-state index in [2.05, 4.69) is 41.4 Å². The number of fused-ring (bicyclic) bond motifs is 3. The van der Waals surface area contributed by atoms with Gasteiger partial charge in [-0.1, -0.05) is 31.2 Å². The van der Waals surface area contributed by atoms with Crippen LogP contribution >= 0.6 is 0 Å². The van der Waals surface area contributed by atoms with Crippen molar-refractivity contribution in [2.45, 2.75) is 32.2 Å². The first-order valence-corrected chi connectivity index (χ1v) is 7.63. The number of rotatable bonds is 4. The lowest BCUT2D eigenvalue weighted by Gasteiger charge is -2.45. The fourth-order valence-electron chi connectivity index (χ4n) is 3.76. The van der Waals surface area contributed by atoms with Crippen molar-refractivity contribution in [1.29, 1.82) is 0 Å². The van der Waals surface area contributed by atoms with E-state index in [1.807, 2.05) is 0 Å². The lowest BCUT2D eigenvalue weighted by Crippen LogP contribution is -2.56. The summed E-state index contributed by atoms with van der Waals surface area (Å²) in [7, 11) is 0. The third-order valence-electron chi connectivity index (χ3n) is 5.10. The van der Waals surface area contributed by atoms with E-state index in [0.29, 0.717) is 5.92 Å². The Kier molecular flexibility index (Phi) is 3.86. The second-order valence-corrected chi connectivity index (χ2v) is 6.28. The summed E-state index contributed by atoms with van der Waals surface area (Å²) in [5.74, 6) is 2.40. The highest BCUT2D eigenvalue weighted by Crippen LogP contribution is 2.28. The highest BCUT2D eigenvalue weighted by molar-refractivity contribution is 5.13. The molecule has 4 rings (SSSR count). The highest BCUT2D eigenvalue weighted by atomic mass is 15.2. The van der Waals surface area contributed by atoms with Gasteiger partial charge in [-0.2, -0.15) is 0 Å². The summed E-state index contributed by atoms with van der Waals surface area (Å²) in [5.41, 5.74) is 0. The van der Waals surface area contributed by atoms with Gasteiger partial charge < -0.3 is 10.2 Å². The summed E-state index contributed by atoms with van der Waals surface area (Å²) >= 11 is 0. The number of nitrogens with zero attached hydrogens (tertiary/aromatic N) is 1. The fourth-order valence-corrected chi connectivity index (χ4v) is 3.76.